The molecule has 2 heterocycles. The summed E-state index contributed by atoms with van der Waals surface area (Å²) < 4.78 is 7.11. The van der Waals surface area contributed by atoms with Crippen LogP contribution in [-0.2, 0) is 6.42 Å². The summed E-state index contributed by atoms with van der Waals surface area (Å²) in [5.41, 5.74) is 1.85. The van der Waals surface area contributed by atoms with Gasteiger partial charge in [-0.3, -0.25) is 9.67 Å². The molecular weight excluding hydrogens is 254 g/mol. The van der Waals surface area contributed by atoms with E-state index >= 15 is 0 Å². The number of nitrogens with zero attached hydrogens (tertiary/aromatic N) is 3. The van der Waals surface area contributed by atoms with Crippen LogP contribution in [0.4, 0.5) is 0 Å². The van der Waals surface area contributed by atoms with E-state index in [0.29, 0.717) is 12.2 Å². The van der Waals surface area contributed by atoms with Crippen LogP contribution >= 0.6 is 0 Å². The highest BCUT2D eigenvalue weighted by atomic mass is 16.5. The summed E-state index contributed by atoms with van der Waals surface area (Å²) in [6.45, 7) is 4.06. The molecule has 2 rings (SSSR count). The Morgan fingerprint density at radius 3 is 2.75 bits per heavy atom. The Hall–Kier alpha value is -1.88. The quantitative estimate of drug-likeness (QED) is 0.880. The minimum atomic E-state index is -0.602. The van der Waals surface area contributed by atoms with Gasteiger partial charge in [-0.2, -0.15) is 5.10 Å². The van der Waals surface area contributed by atoms with Crippen molar-refractivity contribution in [2.75, 3.05) is 7.11 Å². The fourth-order valence-corrected chi connectivity index (χ4v) is 2.23. The molecule has 0 aromatic carbocycles. The van der Waals surface area contributed by atoms with Crippen LogP contribution in [0.2, 0.25) is 0 Å². The lowest BCUT2D eigenvalue weighted by molar-refractivity contribution is 0.150. The summed E-state index contributed by atoms with van der Waals surface area (Å²) in [6, 6.07) is 4.10. The first-order valence-corrected chi connectivity index (χ1v) is 6.81. The first-order chi connectivity index (χ1) is 9.63. The van der Waals surface area contributed by atoms with E-state index in [0.717, 1.165) is 17.7 Å². The Morgan fingerprint density at radius 2 is 2.15 bits per heavy atom. The number of hydrogen-bond donors (Lipinski definition) is 1. The zero-order valence-electron chi connectivity index (χ0n) is 12.2. The second kappa shape index (κ2) is 6.52. The van der Waals surface area contributed by atoms with Gasteiger partial charge in [-0.1, -0.05) is 6.07 Å². The van der Waals surface area contributed by atoms with E-state index in [4.69, 9.17) is 4.74 Å². The molecule has 0 saturated carbocycles. The van der Waals surface area contributed by atoms with E-state index in [1.165, 1.54) is 0 Å². The maximum absolute atomic E-state index is 10.5. The lowest BCUT2D eigenvalue weighted by Crippen LogP contribution is -2.12. The average Bonchev–Trinajstić information content (AvgIpc) is 2.90. The van der Waals surface area contributed by atoms with Crippen molar-refractivity contribution in [1.82, 2.24) is 14.8 Å². The standard InChI is InChI=1S/C15H21N3O2/c1-11(2)18-15(14(20-3)10-17-18)13(19)7-6-12-5-4-8-16-9-12/h4-5,8-11,13,19H,6-7H2,1-3H3. The monoisotopic (exact) mass is 275 g/mol. The van der Waals surface area contributed by atoms with E-state index < -0.39 is 6.10 Å². The van der Waals surface area contributed by atoms with E-state index in [-0.39, 0.29) is 6.04 Å². The molecule has 5 heteroatoms. The van der Waals surface area contributed by atoms with Gasteiger partial charge in [0.1, 0.15) is 5.69 Å². The first kappa shape index (κ1) is 14.5. The topological polar surface area (TPSA) is 60.2 Å². The lowest BCUT2D eigenvalue weighted by Gasteiger charge is -2.17. The minimum absolute atomic E-state index is 0.182. The Kier molecular flexibility index (Phi) is 4.74. The fourth-order valence-electron chi connectivity index (χ4n) is 2.23. The number of aryl methyl sites for hydroxylation is 1. The molecule has 0 aliphatic rings. The maximum Gasteiger partial charge on any atom is 0.162 e. The Labute approximate surface area is 119 Å². The number of aliphatic hydroxyl groups excluding tert-OH is 1. The van der Waals surface area contributed by atoms with Gasteiger partial charge in [-0.15, -0.1) is 0 Å². The molecule has 0 radical (unpaired) electrons. The van der Waals surface area contributed by atoms with Gasteiger partial charge in [0, 0.05) is 18.4 Å². The molecule has 20 heavy (non-hydrogen) atoms. The van der Waals surface area contributed by atoms with Crippen LogP contribution in [0, 0.1) is 0 Å². The minimum Gasteiger partial charge on any atom is -0.493 e. The number of methoxy groups -OCH3 is 1. The number of pyridine rings is 1. The molecule has 0 aliphatic carbocycles. The van der Waals surface area contributed by atoms with Gasteiger partial charge >= 0.3 is 0 Å². The molecule has 2 aromatic heterocycles. The van der Waals surface area contributed by atoms with Crippen molar-refractivity contribution in [3.05, 3.63) is 42.0 Å². The van der Waals surface area contributed by atoms with E-state index in [1.54, 1.807) is 19.5 Å². The highest BCUT2D eigenvalue weighted by molar-refractivity contribution is 5.28. The third kappa shape index (κ3) is 3.17. The van der Waals surface area contributed by atoms with Gasteiger partial charge in [0.2, 0.25) is 0 Å². The fraction of sp³-hybridized carbons (Fsp3) is 0.467. The molecule has 2 aromatic rings. The average molecular weight is 275 g/mol. The summed E-state index contributed by atoms with van der Waals surface area (Å²) in [5, 5.41) is 14.7. The zero-order valence-corrected chi connectivity index (χ0v) is 12.2. The van der Waals surface area contributed by atoms with Gasteiger partial charge in [-0.05, 0) is 38.3 Å². The molecule has 0 bridgehead atoms. The Balaban J connectivity index is 2.12. The van der Waals surface area contributed by atoms with Gasteiger partial charge in [0.15, 0.2) is 5.75 Å². The summed E-state index contributed by atoms with van der Waals surface area (Å²) in [6.07, 6.45) is 6.00. The maximum atomic E-state index is 10.5. The highest BCUT2D eigenvalue weighted by Crippen LogP contribution is 2.30. The van der Waals surface area contributed by atoms with E-state index in [1.807, 2.05) is 36.9 Å². The van der Waals surface area contributed by atoms with Crippen molar-refractivity contribution in [3.63, 3.8) is 0 Å². The van der Waals surface area contributed by atoms with Crippen molar-refractivity contribution in [2.24, 2.45) is 0 Å². The Morgan fingerprint density at radius 1 is 1.35 bits per heavy atom. The number of aromatic nitrogens is 3. The van der Waals surface area contributed by atoms with Gasteiger partial charge < -0.3 is 9.84 Å². The van der Waals surface area contributed by atoms with Crippen molar-refractivity contribution >= 4 is 0 Å². The van der Waals surface area contributed by atoms with Gasteiger partial charge in [0.05, 0.1) is 19.4 Å². The molecule has 0 saturated heterocycles. The van der Waals surface area contributed by atoms with Crippen LogP contribution in [0.3, 0.4) is 0 Å². The summed E-state index contributed by atoms with van der Waals surface area (Å²) in [5.74, 6) is 0.636. The van der Waals surface area contributed by atoms with Crippen molar-refractivity contribution in [3.8, 4) is 5.75 Å². The number of ether oxygens (including phenoxy) is 1. The SMILES string of the molecule is COc1cnn(C(C)C)c1C(O)CCc1cccnc1. The number of aliphatic hydroxyl groups is 1. The predicted octanol–water partition coefficient (Wildman–Crippen LogP) is 2.53. The molecule has 0 fully saturated rings. The third-order valence-electron chi connectivity index (χ3n) is 3.25. The molecule has 0 spiro atoms. The van der Waals surface area contributed by atoms with Crippen LogP contribution < -0.4 is 4.74 Å². The van der Waals surface area contributed by atoms with E-state index in [9.17, 15) is 5.11 Å². The largest absolute Gasteiger partial charge is 0.493 e. The molecule has 0 aliphatic heterocycles. The second-order valence-electron chi connectivity index (χ2n) is 5.05. The van der Waals surface area contributed by atoms with Crippen molar-refractivity contribution in [2.45, 2.75) is 38.8 Å². The summed E-state index contributed by atoms with van der Waals surface area (Å²) in [7, 11) is 1.60. The van der Waals surface area contributed by atoms with Crippen LogP contribution in [0.15, 0.2) is 30.7 Å². The number of hydrogen-bond acceptors (Lipinski definition) is 4. The first-order valence-electron chi connectivity index (χ1n) is 6.81. The third-order valence-corrected chi connectivity index (χ3v) is 3.25. The molecule has 1 unspecified atom stereocenters. The highest BCUT2D eigenvalue weighted by Gasteiger charge is 2.21. The second-order valence-corrected chi connectivity index (χ2v) is 5.05. The predicted molar refractivity (Wildman–Crippen MR) is 76.7 cm³/mol. The lowest BCUT2D eigenvalue weighted by atomic mass is 10.1. The molecule has 0 amide bonds. The van der Waals surface area contributed by atoms with E-state index in [2.05, 4.69) is 10.1 Å². The normalized spacial score (nSPS) is 12.7. The molecule has 1 N–H and O–H groups in total. The number of rotatable bonds is 6. The molecule has 1 atom stereocenters. The summed E-state index contributed by atoms with van der Waals surface area (Å²) in [4.78, 5) is 4.08. The molecule has 108 valence electrons. The van der Waals surface area contributed by atoms with Gasteiger partial charge in [0.25, 0.3) is 0 Å². The molecule has 5 nitrogen and oxygen atoms in total. The van der Waals surface area contributed by atoms with Crippen LogP contribution in [0.5, 0.6) is 5.75 Å². The van der Waals surface area contributed by atoms with Crippen LogP contribution in [-0.4, -0.2) is 27.0 Å². The Bertz CT molecular complexity index is 537. The van der Waals surface area contributed by atoms with Crippen LogP contribution in [0.25, 0.3) is 0 Å². The smallest absolute Gasteiger partial charge is 0.162 e. The van der Waals surface area contributed by atoms with Crippen molar-refractivity contribution in [1.29, 1.82) is 0 Å². The zero-order chi connectivity index (χ0) is 14.5. The summed E-state index contributed by atoms with van der Waals surface area (Å²) >= 11 is 0. The van der Waals surface area contributed by atoms with Gasteiger partial charge in [-0.25, -0.2) is 0 Å². The molecular formula is C15H21N3O2. The van der Waals surface area contributed by atoms with Crippen molar-refractivity contribution < 1.29 is 9.84 Å². The van der Waals surface area contributed by atoms with Crippen LogP contribution in [0.1, 0.15) is 43.7 Å².